The van der Waals surface area contributed by atoms with Gasteiger partial charge in [-0.15, -0.1) is 24.0 Å². The van der Waals surface area contributed by atoms with E-state index in [9.17, 15) is 0 Å². The minimum Gasteiger partial charge on any atom is -0.497 e. The molecule has 0 radical (unpaired) electrons. The lowest BCUT2D eigenvalue weighted by molar-refractivity contribution is 0.223. The molecule has 1 aliphatic heterocycles. The molecule has 27 heavy (non-hydrogen) atoms. The van der Waals surface area contributed by atoms with Crippen molar-refractivity contribution in [2.45, 2.75) is 32.7 Å². The van der Waals surface area contributed by atoms with Crippen LogP contribution in [0.15, 0.2) is 29.3 Å². The van der Waals surface area contributed by atoms with Crippen LogP contribution in [0.4, 0.5) is 0 Å². The zero-order valence-electron chi connectivity index (χ0n) is 17.1. The average molecular weight is 490 g/mol. The molecule has 0 saturated carbocycles. The highest BCUT2D eigenvalue weighted by Crippen LogP contribution is 2.19. The number of aliphatic imine (C=N–C) groups is 1. The zero-order valence-corrected chi connectivity index (χ0v) is 19.4. The van der Waals surface area contributed by atoms with Gasteiger partial charge in [0.05, 0.1) is 13.7 Å². The summed E-state index contributed by atoms with van der Waals surface area (Å²) >= 11 is 0. The summed E-state index contributed by atoms with van der Waals surface area (Å²) in [6.07, 6.45) is 2.13. The first-order chi connectivity index (χ1) is 12.7. The van der Waals surface area contributed by atoms with Crippen molar-refractivity contribution in [2.24, 2.45) is 4.99 Å². The van der Waals surface area contributed by atoms with Gasteiger partial charge in [0.15, 0.2) is 5.96 Å². The lowest BCUT2D eigenvalue weighted by Gasteiger charge is -2.27. The predicted octanol–water partition coefficient (Wildman–Crippen LogP) is 3.07. The molecule has 1 aromatic carbocycles. The van der Waals surface area contributed by atoms with E-state index in [0.29, 0.717) is 12.6 Å². The monoisotopic (exact) mass is 490 g/mol. The Kier molecular flexibility index (Phi) is 11.5. The van der Waals surface area contributed by atoms with Gasteiger partial charge < -0.3 is 19.7 Å². The van der Waals surface area contributed by atoms with Crippen molar-refractivity contribution in [3.63, 3.8) is 0 Å². The number of nitrogens with one attached hydrogen (secondary N) is 1. The highest BCUT2D eigenvalue weighted by Gasteiger charge is 2.27. The predicted molar refractivity (Wildman–Crippen MR) is 123 cm³/mol. The summed E-state index contributed by atoms with van der Waals surface area (Å²) < 4.78 is 11.0. The van der Waals surface area contributed by atoms with Gasteiger partial charge in [-0.3, -0.25) is 9.89 Å². The van der Waals surface area contributed by atoms with Crippen LogP contribution in [0.2, 0.25) is 0 Å². The lowest BCUT2D eigenvalue weighted by Crippen LogP contribution is -2.43. The molecule has 1 aliphatic rings. The lowest BCUT2D eigenvalue weighted by atomic mass is 10.2. The Bertz CT molecular complexity index is 567. The van der Waals surface area contributed by atoms with Crippen molar-refractivity contribution < 1.29 is 9.47 Å². The van der Waals surface area contributed by atoms with E-state index in [1.807, 2.05) is 31.3 Å². The third-order valence-electron chi connectivity index (χ3n) is 4.92. The van der Waals surface area contributed by atoms with Gasteiger partial charge >= 0.3 is 0 Å². The van der Waals surface area contributed by atoms with Crippen molar-refractivity contribution in [2.75, 3.05) is 53.5 Å². The first-order valence-electron chi connectivity index (χ1n) is 9.68. The Morgan fingerprint density at radius 2 is 2.04 bits per heavy atom. The topological polar surface area (TPSA) is 49.3 Å². The van der Waals surface area contributed by atoms with E-state index in [0.717, 1.165) is 56.6 Å². The van der Waals surface area contributed by atoms with Crippen molar-refractivity contribution in [1.82, 2.24) is 15.1 Å². The van der Waals surface area contributed by atoms with Crippen LogP contribution in [-0.4, -0.2) is 75.3 Å². The molecule has 0 aromatic heterocycles. The Hall–Kier alpha value is -1.22. The normalized spacial score (nSPS) is 17.0. The Labute approximate surface area is 181 Å². The third-order valence-corrected chi connectivity index (χ3v) is 4.92. The second kappa shape index (κ2) is 13.0. The molecule has 0 amide bonds. The molecule has 1 saturated heterocycles. The number of hydrogen-bond acceptors (Lipinski definition) is 4. The molecule has 154 valence electrons. The van der Waals surface area contributed by atoms with Crippen molar-refractivity contribution in [3.8, 4) is 11.5 Å². The van der Waals surface area contributed by atoms with Gasteiger partial charge in [0.1, 0.15) is 11.5 Å². The van der Waals surface area contributed by atoms with Gasteiger partial charge in [0, 0.05) is 38.8 Å². The van der Waals surface area contributed by atoms with Crippen LogP contribution in [0.3, 0.4) is 0 Å². The largest absolute Gasteiger partial charge is 0.497 e. The van der Waals surface area contributed by atoms with E-state index in [4.69, 9.17) is 9.47 Å². The Morgan fingerprint density at radius 1 is 1.30 bits per heavy atom. The average Bonchev–Trinajstić information content (AvgIpc) is 3.15. The van der Waals surface area contributed by atoms with Gasteiger partial charge in [-0.2, -0.15) is 0 Å². The molecule has 1 heterocycles. The van der Waals surface area contributed by atoms with Crippen LogP contribution in [0.25, 0.3) is 0 Å². The summed E-state index contributed by atoms with van der Waals surface area (Å²) in [4.78, 5) is 9.35. The smallest absolute Gasteiger partial charge is 0.193 e. The number of likely N-dealkylation sites (N-methyl/N-ethyl adjacent to an activating group) is 1. The van der Waals surface area contributed by atoms with E-state index in [1.165, 1.54) is 6.42 Å². The molecule has 1 unspecified atom stereocenters. The molecule has 1 aromatic rings. The molecule has 0 bridgehead atoms. The van der Waals surface area contributed by atoms with Gasteiger partial charge in [0.2, 0.25) is 0 Å². The number of likely N-dealkylation sites (tertiary alicyclic amines) is 1. The number of ether oxygens (including phenoxy) is 2. The fourth-order valence-corrected chi connectivity index (χ4v) is 3.46. The molecule has 1 atom stereocenters. The molecule has 6 nitrogen and oxygen atoms in total. The molecule has 2 rings (SSSR count). The minimum atomic E-state index is 0. The minimum absolute atomic E-state index is 0. The fourth-order valence-electron chi connectivity index (χ4n) is 3.46. The van der Waals surface area contributed by atoms with Crippen LogP contribution in [0, 0.1) is 0 Å². The fraction of sp³-hybridized carbons (Fsp3) is 0.650. The highest BCUT2D eigenvalue weighted by atomic mass is 127. The maximum atomic E-state index is 5.79. The van der Waals surface area contributed by atoms with E-state index in [1.54, 1.807) is 7.11 Å². The Morgan fingerprint density at radius 3 is 2.70 bits per heavy atom. The van der Waals surface area contributed by atoms with Crippen LogP contribution in [0.5, 0.6) is 11.5 Å². The molecule has 1 fully saturated rings. The summed E-state index contributed by atoms with van der Waals surface area (Å²) in [5, 5.41) is 3.47. The molecular weight excluding hydrogens is 455 g/mol. The quantitative estimate of drug-likeness (QED) is 0.250. The van der Waals surface area contributed by atoms with Crippen LogP contribution in [0.1, 0.15) is 26.7 Å². The summed E-state index contributed by atoms with van der Waals surface area (Å²) in [6, 6.07) is 8.35. The number of hydrogen-bond donors (Lipinski definition) is 1. The molecule has 7 heteroatoms. The van der Waals surface area contributed by atoms with Gasteiger partial charge in [-0.1, -0.05) is 19.9 Å². The van der Waals surface area contributed by atoms with Gasteiger partial charge in [-0.25, -0.2) is 0 Å². The first-order valence-corrected chi connectivity index (χ1v) is 9.68. The summed E-state index contributed by atoms with van der Waals surface area (Å²) in [5.74, 6) is 2.66. The SMILES string of the molecule is CCN(CC)C1CCN(C(=NC)NCCCOc2cccc(OC)c2)C1.I. The van der Waals surface area contributed by atoms with Crippen molar-refractivity contribution in [3.05, 3.63) is 24.3 Å². The maximum absolute atomic E-state index is 5.79. The number of halogens is 1. The molecule has 0 spiro atoms. The van der Waals surface area contributed by atoms with Crippen LogP contribution >= 0.6 is 24.0 Å². The Balaban J connectivity index is 0.00000364. The van der Waals surface area contributed by atoms with E-state index < -0.39 is 0 Å². The summed E-state index contributed by atoms with van der Waals surface area (Å²) in [5.41, 5.74) is 0. The van der Waals surface area contributed by atoms with Crippen LogP contribution < -0.4 is 14.8 Å². The van der Waals surface area contributed by atoms with E-state index in [2.05, 4.69) is 34.0 Å². The molecular formula is C20H35IN4O2. The molecule has 1 N–H and O–H groups in total. The standard InChI is InChI=1S/C20H34N4O2.HI/c1-5-23(6-2)17-11-13-24(16-17)20(21-3)22-12-8-14-26-19-10-7-9-18(15-19)25-4;/h7,9-10,15,17H,5-6,8,11-14,16H2,1-4H3,(H,21,22);1H. The van der Waals surface area contributed by atoms with Crippen LogP contribution in [-0.2, 0) is 0 Å². The van der Waals surface area contributed by atoms with Crippen molar-refractivity contribution in [1.29, 1.82) is 0 Å². The second-order valence-corrected chi connectivity index (χ2v) is 6.46. The highest BCUT2D eigenvalue weighted by molar-refractivity contribution is 14.0. The second-order valence-electron chi connectivity index (χ2n) is 6.46. The third kappa shape index (κ3) is 7.37. The summed E-state index contributed by atoms with van der Waals surface area (Å²) in [6.45, 7) is 10.3. The maximum Gasteiger partial charge on any atom is 0.193 e. The van der Waals surface area contributed by atoms with Gasteiger partial charge in [0.25, 0.3) is 0 Å². The van der Waals surface area contributed by atoms with Gasteiger partial charge in [-0.05, 0) is 38.1 Å². The molecule has 0 aliphatic carbocycles. The first kappa shape index (κ1) is 23.8. The number of methoxy groups -OCH3 is 1. The number of nitrogens with zero attached hydrogens (tertiary/aromatic N) is 3. The number of benzene rings is 1. The van der Waals surface area contributed by atoms with E-state index in [-0.39, 0.29) is 24.0 Å². The number of guanidine groups is 1. The van der Waals surface area contributed by atoms with Crippen molar-refractivity contribution >= 4 is 29.9 Å². The summed E-state index contributed by atoms with van der Waals surface area (Å²) in [7, 11) is 3.53. The number of rotatable bonds is 9. The zero-order chi connectivity index (χ0) is 18.8. The van der Waals surface area contributed by atoms with E-state index >= 15 is 0 Å².